The van der Waals surface area contributed by atoms with Crippen molar-refractivity contribution >= 4 is 25.7 Å². The van der Waals surface area contributed by atoms with Crippen LogP contribution in [-0.4, -0.2) is 39.0 Å². The molecule has 0 amide bonds. The zero-order valence-electron chi connectivity index (χ0n) is 15.9. The van der Waals surface area contributed by atoms with Crippen LogP contribution in [0.15, 0.2) is 0 Å². The van der Waals surface area contributed by atoms with E-state index in [-0.39, 0.29) is 0 Å². The quantitative estimate of drug-likeness (QED) is 0.379. The highest BCUT2D eigenvalue weighted by atomic mass is 32.2. The summed E-state index contributed by atoms with van der Waals surface area (Å²) < 4.78 is 17.0. The molecule has 4 nitrogen and oxygen atoms in total. The van der Waals surface area contributed by atoms with Crippen molar-refractivity contribution in [2.45, 2.75) is 84.4 Å². The van der Waals surface area contributed by atoms with Crippen LogP contribution in [0.25, 0.3) is 0 Å². The Kier molecular flexibility index (Phi) is 13.5. The standard InChI is InChI=1S/C9H22O3Si.C8H14OS/c1-6-10-13(9(4)5,11-7-2)12-8-3;1-2-3-4-5-7-6-8(9)10-7/h9H,6-8H2,1-5H3;7H,2-6H2,1H3. The molecule has 0 aromatic carbocycles. The van der Waals surface area contributed by atoms with Crippen LogP contribution in [-0.2, 0) is 18.1 Å². The molecule has 0 radical (unpaired) electrons. The molecule has 0 aromatic rings. The smallest absolute Gasteiger partial charge is 0.374 e. The molecule has 1 saturated heterocycles. The van der Waals surface area contributed by atoms with Gasteiger partial charge in [-0.05, 0) is 27.2 Å². The van der Waals surface area contributed by atoms with E-state index in [4.69, 9.17) is 13.3 Å². The molecule has 0 bridgehead atoms. The summed E-state index contributed by atoms with van der Waals surface area (Å²) >= 11 is 1.54. The van der Waals surface area contributed by atoms with Crippen LogP contribution in [0.5, 0.6) is 0 Å². The molecule has 1 fully saturated rings. The average molecular weight is 365 g/mol. The molecular weight excluding hydrogens is 328 g/mol. The fourth-order valence-corrected chi connectivity index (χ4v) is 5.72. The molecule has 1 aliphatic rings. The predicted octanol–water partition coefficient (Wildman–Crippen LogP) is 5.04. The molecule has 138 valence electrons. The van der Waals surface area contributed by atoms with Crippen LogP contribution in [0.1, 0.15) is 73.6 Å². The van der Waals surface area contributed by atoms with Gasteiger partial charge in [-0.15, -0.1) is 0 Å². The Labute approximate surface area is 148 Å². The van der Waals surface area contributed by atoms with Gasteiger partial charge in [-0.3, -0.25) is 4.79 Å². The molecule has 0 spiro atoms. The van der Waals surface area contributed by atoms with E-state index in [0.29, 0.717) is 35.7 Å². The summed E-state index contributed by atoms with van der Waals surface area (Å²) in [5, 5.41) is 1.07. The summed E-state index contributed by atoms with van der Waals surface area (Å²) in [5.74, 6) is 0. The lowest BCUT2D eigenvalue weighted by Gasteiger charge is -2.31. The van der Waals surface area contributed by atoms with Crippen molar-refractivity contribution in [3.8, 4) is 0 Å². The highest BCUT2D eigenvalue weighted by Crippen LogP contribution is 2.33. The van der Waals surface area contributed by atoms with E-state index in [2.05, 4.69) is 20.8 Å². The summed E-state index contributed by atoms with van der Waals surface area (Å²) in [6, 6.07) is 0. The van der Waals surface area contributed by atoms with Gasteiger partial charge >= 0.3 is 8.80 Å². The maximum Gasteiger partial charge on any atom is 0.503 e. The van der Waals surface area contributed by atoms with Gasteiger partial charge in [-0.2, -0.15) is 0 Å². The van der Waals surface area contributed by atoms with Crippen LogP contribution < -0.4 is 0 Å². The van der Waals surface area contributed by atoms with Gasteiger partial charge in [0.1, 0.15) is 0 Å². The van der Waals surface area contributed by atoms with E-state index in [1.165, 1.54) is 25.7 Å². The Hall–Kier alpha value is 0.117. The van der Waals surface area contributed by atoms with Gasteiger partial charge in [0.25, 0.3) is 0 Å². The number of rotatable bonds is 11. The molecule has 1 rings (SSSR count). The molecule has 1 heterocycles. The first-order chi connectivity index (χ1) is 11.0. The molecule has 0 N–H and O–H groups in total. The van der Waals surface area contributed by atoms with Crippen LogP contribution in [0.4, 0.5) is 0 Å². The number of thioether (sulfide) groups is 1. The minimum Gasteiger partial charge on any atom is -0.374 e. The van der Waals surface area contributed by atoms with Crippen molar-refractivity contribution in [2.75, 3.05) is 19.8 Å². The van der Waals surface area contributed by atoms with Gasteiger partial charge in [0, 0.05) is 37.0 Å². The summed E-state index contributed by atoms with van der Waals surface area (Å²) in [6.07, 6.45) is 6.01. The Morgan fingerprint density at radius 3 is 1.83 bits per heavy atom. The van der Waals surface area contributed by atoms with Gasteiger partial charge in [-0.1, -0.05) is 51.8 Å². The first kappa shape index (κ1) is 23.1. The molecule has 0 aliphatic carbocycles. The summed E-state index contributed by atoms with van der Waals surface area (Å²) in [4.78, 5) is 10.5. The van der Waals surface area contributed by atoms with Gasteiger partial charge in [0.05, 0.1) is 0 Å². The molecule has 1 atom stereocenters. The first-order valence-electron chi connectivity index (χ1n) is 9.06. The second-order valence-corrected chi connectivity index (χ2v) is 10.5. The van der Waals surface area contributed by atoms with Crippen LogP contribution in [0.3, 0.4) is 0 Å². The zero-order valence-corrected chi connectivity index (χ0v) is 17.7. The minimum absolute atomic E-state index is 0.326. The summed E-state index contributed by atoms with van der Waals surface area (Å²) in [7, 11) is -2.37. The van der Waals surface area contributed by atoms with Crippen molar-refractivity contribution in [2.24, 2.45) is 0 Å². The number of hydrogen-bond acceptors (Lipinski definition) is 5. The largest absolute Gasteiger partial charge is 0.503 e. The van der Waals surface area contributed by atoms with Crippen molar-refractivity contribution in [1.82, 2.24) is 0 Å². The third-order valence-corrected chi connectivity index (χ3v) is 8.22. The van der Waals surface area contributed by atoms with E-state index >= 15 is 0 Å². The number of carbonyl (C=O) groups is 1. The van der Waals surface area contributed by atoms with E-state index < -0.39 is 8.80 Å². The van der Waals surface area contributed by atoms with Gasteiger partial charge in [-0.25, -0.2) is 0 Å². The fraction of sp³-hybridized carbons (Fsp3) is 0.941. The third kappa shape index (κ3) is 9.24. The zero-order chi connectivity index (χ0) is 17.7. The molecule has 1 unspecified atom stereocenters. The van der Waals surface area contributed by atoms with Crippen molar-refractivity contribution in [1.29, 1.82) is 0 Å². The molecule has 1 aliphatic heterocycles. The molecular formula is C17H36O4SSi. The van der Waals surface area contributed by atoms with E-state index in [0.717, 1.165) is 6.42 Å². The summed E-state index contributed by atoms with van der Waals surface area (Å²) in [5.41, 5.74) is 0.326. The second-order valence-electron chi connectivity index (χ2n) is 5.87. The number of carbonyl (C=O) groups excluding carboxylic acids is 1. The molecule has 0 aromatic heterocycles. The van der Waals surface area contributed by atoms with E-state index in [1.54, 1.807) is 11.8 Å². The fourth-order valence-electron chi connectivity index (χ4n) is 2.37. The maximum absolute atomic E-state index is 10.5. The Balaban J connectivity index is 0.000000433. The van der Waals surface area contributed by atoms with Gasteiger partial charge < -0.3 is 13.3 Å². The third-order valence-electron chi connectivity index (χ3n) is 3.57. The highest BCUT2D eigenvalue weighted by molar-refractivity contribution is 8.16. The maximum atomic E-state index is 10.5. The van der Waals surface area contributed by atoms with Gasteiger partial charge in [0.2, 0.25) is 0 Å². The highest BCUT2D eigenvalue weighted by Gasteiger charge is 2.44. The van der Waals surface area contributed by atoms with Gasteiger partial charge in [0.15, 0.2) is 5.12 Å². The number of unbranched alkanes of at least 4 members (excludes halogenated alkanes) is 2. The van der Waals surface area contributed by atoms with Crippen LogP contribution in [0, 0.1) is 0 Å². The monoisotopic (exact) mass is 364 g/mol. The summed E-state index contributed by atoms with van der Waals surface area (Å²) in [6.45, 7) is 14.3. The average Bonchev–Trinajstić information content (AvgIpc) is 2.47. The topological polar surface area (TPSA) is 44.8 Å². The normalized spacial score (nSPS) is 17.7. The number of hydrogen-bond donors (Lipinski definition) is 0. The van der Waals surface area contributed by atoms with E-state index in [1.807, 2.05) is 20.8 Å². The predicted molar refractivity (Wildman–Crippen MR) is 101 cm³/mol. The Bertz CT molecular complexity index is 288. The molecule has 23 heavy (non-hydrogen) atoms. The first-order valence-corrected chi connectivity index (χ1v) is 11.7. The molecule has 6 heteroatoms. The lowest BCUT2D eigenvalue weighted by molar-refractivity contribution is -0.112. The molecule has 0 saturated carbocycles. The van der Waals surface area contributed by atoms with Crippen molar-refractivity contribution < 1.29 is 18.1 Å². The Morgan fingerprint density at radius 2 is 1.52 bits per heavy atom. The second kappa shape index (κ2) is 13.4. The minimum atomic E-state index is -2.37. The van der Waals surface area contributed by atoms with Crippen LogP contribution >= 0.6 is 11.8 Å². The van der Waals surface area contributed by atoms with E-state index in [9.17, 15) is 4.79 Å². The van der Waals surface area contributed by atoms with Crippen molar-refractivity contribution in [3.05, 3.63) is 0 Å². The van der Waals surface area contributed by atoms with Crippen LogP contribution in [0.2, 0.25) is 5.54 Å². The lowest BCUT2D eigenvalue weighted by Crippen LogP contribution is -2.48. The Morgan fingerprint density at radius 1 is 1.04 bits per heavy atom. The lowest BCUT2D eigenvalue weighted by atomic mass is 10.1. The SMILES string of the molecule is CCCCCC1CC(=O)S1.CCO[Si](OCC)(OCC)C(C)C. The van der Waals surface area contributed by atoms with Crippen molar-refractivity contribution in [3.63, 3.8) is 0 Å².